The third-order valence-electron chi connectivity index (χ3n) is 5.33. The molecule has 2 rings (SSSR count). The van der Waals surface area contributed by atoms with Crippen molar-refractivity contribution in [2.75, 3.05) is 43.5 Å². The van der Waals surface area contributed by atoms with Crippen LogP contribution in [0.5, 0.6) is 0 Å². The zero-order valence-electron chi connectivity index (χ0n) is 18.1. The first-order valence-electron chi connectivity index (χ1n) is 10.2. The van der Waals surface area contributed by atoms with Crippen LogP contribution in [0.25, 0.3) is 0 Å². The van der Waals surface area contributed by atoms with E-state index >= 15 is 0 Å². The Bertz CT molecular complexity index is 851. The molecular formula is C21H34N3O4S+. The molecule has 1 aliphatic rings. The van der Waals surface area contributed by atoms with Crippen molar-refractivity contribution >= 4 is 27.3 Å². The van der Waals surface area contributed by atoms with Gasteiger partial charge < -0.3 is 15.1 Å². The predicted octanol–water partition coefficient (Wildman–Crippen LogP) is 0.428. The first-order chi connectivity index (χ1) is 13.5. The SMILES string of the molecule is Cc1cccc(NC(=O)C[NH+](C)CC(=O)N(CC(C)C)[C@@H]2CCS(=O)(=O)C2)c1C. The Morgan fingerprint density at radius 1 is 1.24 bits per heavy atom. The number of carbonyl (C=O) groups excluding carboxylic acids is 2. The quantitative estimate of drug-likeness (QED) is 0.634. The van der Waals surface area contributed by atoms with E-state index in [1.54, 1.807) is 11.9 Å². The van der Waals surface area contributed by atoms with Crippen LogP contribution in [-0.2, 0) is 19.4 Å². The summed E-state index contributed by atoms with van der Waals surface area (Å²) in [5, 5.41) is 2.92. The van der Waals surface area contributed by atoms with E-state index in [9.17, 15) is 18.0 Å². The fourth-order valence-electron chi connectivity index (χ4n) is 3.65. The molecular weight excluding hydrogens is 390 g/mol. The van der Waals surface area contributed by atoms with Crippen molar-refractivity contribution in [3.8, 4) is 0 Å². The highest BCUT2D eigenvalue weighted by atomic mass is 32.2. The first-order valence-corrected chi connectivity index (χ1v) is 12.0. The molecule has 8 heteroatoms. The lowest BCUT2D eigenvalue weighted by Crippen LogP contribution is -3.11. The third kappa shape index (κ3) is 6.82. The van der Waals surface area contributed by atoms with Gasteiger partial charge in [-0.2, -0.15) is 0 Å². The molecule has 0 spiro atoms. The van der Waals surface area contributed by atoms with Crippen LogP contribution in [0, 0.1) is 19.8 Å². The lowest BCUT2D eigenvalue weighted by molar-refractivity contribution is -0.862. The van der Waals surface area contributed by atoms with Crippen LogP contribution in [0.1, 0.15) is 31.4 Å². The Morgan fingerprint density at radius 3 is 2.52 bits per heavy atom. The van der Waals surface area contributed by atoms with Crippen LogP contribution in [0.3, 0.4) is 0 Å². The molecule has 1 saturated heterocycles. The summed E-state index contributed by atoms with van der Waals surface area (Å²) < 4.78 is 23.7. The van der Waals surface area contributed by atoms with E-state index in [-0.39, 0.29) is 48.4 Å². The number of rotatable bonds is 8. The number of aryl methyl sites for hydroxylation is 1. The molecule has 2 N–H and O–H groups in total. The number of nitrogens with zero attached hydrogens (tertiary/aromatic N) is 1. The number of nitrogens with one attached hydrogen (secondary N) is 2. The number of amides is 2. The molecule has 0 aliphatic carbocycles. The molecule has 1 aromatic rings. The number of likely N-dealkylation sites (N-methyl/N-ethyl adjacent to an activating group) is 1. The van der Waals surface area contributed by atoms with Gasteiger partial charge in [0.2, 0.25) is 0 Å². The van der Waals surface area contributed by atoms with E-state index in [1.165, 1.54) is 0 Å². The normalized spacial score (nSPS) is 19.2. The van der Waals surface area contributed by atoms with Crippen molar-refractivity contribution in [1.29, 1.82) is 0 Å². The summed E-state index contributed by atoms with van der Waals surface area (Å²) in [6, 6.07) is 5.50. The van der Waals surface area contributed by atoms with Gasteiger partial charge in [0.15, 0.2) is 22.9 Å². The number of hydrogen-bond donors (Lipinski definition) is 2. The highest BCUT2D eigenvalue weighted by Gasteiger charge is 2.35. The summed E-state index contributed by atoms with van der Waals surface area (Å²) in [6.45, 7) is 8.83. The van der Waals surface area contributed by atoms with Gasteiger partial charge in [-0.25, -0.2) is 8.42 Å². The Hall–Kier alpha value is -1.93. The van der Waals surface area contributed by atoms with Crippen LogP contribution in [0.15, 0.2) is 18.2 Å². The van der Waals surface area contributed by atoms with Gasteiger partial charge in [-0.15, -0.1) is 0 Å². The minimum Gasteiger partial charge on any atom is -0.334 e. The lowest BCUT2D eigenvalue weighted by atomic mass is 10.1. The van der Waals surface area contributed by atoms with Gasteiger partial charge in [-0.3, -0.25) is 9.59 Å². The molecule has 2 amide bonds. The number of quaternary nitrogens is 1. The maximum absolute atomic E-state index is 12.9. The zero-order chi connectivity index (χ0) is 21.8. The minimum absolute atomic E-state index is 0.0393. The number of sulfone groups is 1. The molecule has 0 bridgehead atoms. The second kappa shape index (κ2) is 9.71. The van der Waals surface area contributed by atoms with Crippen LogP contribution in [0.2, 0.25) is 0 Å². The second-order valence-corrected chi connectivity index (χ2v) is 10.8. The molecule has 1 unspecified atom stereocenters. The summed E-state index contributed by atoms with van der Waals surface area (Å²) in [6.07, 6.45) is 0.493. The maximum atomic E-state index is 12.9. The van der Waals surface area contributed by atoms with Gasteiger partial charge in [0.1, 0.15) is 0 Å². The summed E-state index contributed by atoms with van der Waals surface area (Å²) >= 11 is 0. The van der Waals surface area contributed by atoms with E-state index in [2.05, 4.69) is 5.32 Å². The largest absolute Gasteiger partial charge is 0.334 e. The average Bonchev–Trinajstić information content (AvgIpc) is 2.96. The molecule has 1 aromatic carbocycles. The molecule has 29 heavy (non-hydrogen) atoms. The summed E-state index contributed by atoms with van der Waals surface area (Å²) in [7, 11) is -1.26. The lowest BCUT2D eigenvalue weighted by Gasteiger charge is -2.30. The predicted molar refractivity (Wildman–Crippen MR) is 115 cm³/mol. The Balaban J connectivity index is 1.96. The van der Waals surface area contributed by atoms with Gasteiger partial charge in [-0.05, 0) is 43.4 Å². The van der Waals surface area contributed by atoms with E-state index in [0.717, 1.165) is 21.7 Å². The highest BCUT2D eigenvalue weighted by Crippen LogP contribution is 2.19. The number of hydrogen-bond acceptors (Lipinski definition) is 4. The van der Waals surface area contributed by atoms with Crippen molar-refractivity contribution < 1.29 is 22.9 Å². The van der Waals surface area contributed by atoms with Crippen LogP contribution >= 0.6 is 0 Å². The monoisotopic (exact) mass is 424 g/mol. The number of carbonyl (C=O) groups is 2. The molecule has 7 nitrogen and oxygen atoms in total. The average molecular weight is 425 g/mol. The molecule has 0 aromatic heterocycles. The summed E-state index contributed by atoms with van der Waals surface area (Å²) in [5.74, 6) is 0.175. The van der Waals surface area contributed by atoms with Gasteiger partial charge >= 0.3 is 0 Å². The zero-order valence-corrected chi connectivity index (χ0v) is 18.9. The van der Waals surface area contributed by atoms with Crippen molar-refractivity contribution in [1.82, 2.24) is 4.90 Å². The van der Waals surface area contributed by atoms with Gasteiger partial charge in [0.05, 0.1) is 18.6 Å². The summed E-state index contributed by atoms with van der Waals surface area (Å²) in [5.41, 5.74) is 2.92. The first kappa shape index (κ1) is 23.3. The van der Waals surface area contributed by atoms with E-state index in [4.69, 9.17) is 0 Å². The molecule has 2 atom stereocenters. The second-order valence-electron chi connectivity index (χ2n) is 8.60. The van der Waals surface area contributed by atoms with Gasteiger partial charge in [0, 0.05) is 18.3 Å². The fraction of sp³-hybridized carbons (Fsp3) is 0.619. The maximum Gasteiger partial charge on any atom is 0.279 e. The van der Waals surface area contributed by atoms with Crippen molar-refractivity contribution in [2.45, 2.75) is 40.2 Å². The smallest absolute Gasteiger partial charge is 0.279 e. The van der Waals surface area contributed by atoms with E-state index in [1.807, 2.05) is 45.9 Å². The third-order valence-corrected chi connectivity index (χ3v) is 7.08. The van der Waals surface area contributed by atoms with Crippen LogP contribution in [0.4, 0.5) is 5.69 Å². The van der Waals surface area contributed by atoms with Gasteiger partial charge in [-0.1, -0.05) is 26.0 Å². The topological polar surface area (TPSA) is 88.0 Å². The molecule has 162 valence electrons. The Labute approximate surface area is 174 Å². The number of benzene rings is 1. The van der Waals surface area contributed by atoms with Gasteiger partial charge in [0.25, 0.3) is 11.8 Å². The fourth-order valence-corrected chi connectivity index (χ4v) is 5.38. The minimum atomic E-state index is -3.06. The van der Waals surface area contributed by atoms with E-state index in [0.29, 0.717) is 13.0 Å². The molecule has 1 aliphatic heterocycles. The van der Waals surface area contributed by atoms with Crippen LogP contribution in [-0.4, -0.2) is 69.4 Å². The van der Waals surface area contributed by atoms with Crippen molar-refractivity contribution in [2.24, 2.45) is 5.92 Å². The number of anilines is 1. The highest BCUT2D eigenvalue weighted by molar-refractivity contribution is 7.91. The molecule has 0 saturated carbocycles. The molecule has 1 heterocycles. The molecule has 1 fully saturated rings. The Kier molecular flexibility index (Phi) is 7.82. The van der Waals surface area contributed by atoms with Crippen LogP contribution < -0.4 is 10.2 Å². The standard InChI is InChI=1S/C21H33N3O4S/c1-15(2)11-24(18-9-10-29(27,28)14-18)21(26)13-23(5)12-20(25)22-19-8-6-7-16(3)17(19)4/h6-8,15,18H,9-14H2,1-5H3,(H,22,25)/p+1/t18-/m1/s1. The van der Waals surface area contributed by atoms with Crippen molar-refractivity contribution in [3.63, 3.8) is 0 Å². The van der Waals surface area contributed by atoms with Crippen molar-refractivity contribution in [3.05, 3.63) is 29.3 Å². The molecule has 0 radical (unpaired) electrons. The van der Waals surface area contributed by atoms with E-state index < -0.39 is 9.84 Å². The Morgan fingerprint density at radius 2 is 1.93 bits per heavy atom. The summed E-state index contributed by atoms with van der Waals surface area (Å²) in [4.78, 5) is 27.8.